The molecule has 0 saturated heterocycles. The highest BCUT2D eigenvalue weighted by molar-refractivity contribution is 5.82. The SMILES string of the molecule is COCC(=O)Cc1cccc(-c2ccnc(NCCc3ccc(OC)c(OC)c3)n2)c1. The van der Waals surface area contributed by atoms with E-state index in [1.165, 1.54) is 7.11 Å². The van der Waals surface area contributed by atoms with Crippen LogP contribution in [0.25, 0.3) is 11.3 Å². The third-order valence-corrected chi connectivity index (χ3v) is 4.73. The van der Waals surface area contributed by atoms with Crippen LogP contribution in [0.4, 0.5) is 5.95 Å². The molecule has 0 aliphatic heterocycles. The van der Waals surface area contributed by atoms with E-state index >= 15 is 0 Å². The molecule has 1 aromatic heterocycles. The summed E-state index contributed by atoms with van der Waals surface area (Å²) in [5.41, 5.74) is 3.79. The van der Waals surface area contributed by atoms with Crippen molar-refractivity contribution in [1.82, 2.24) is 9.97 Å². The van der Waals surface area contributed by atoms with Crippen molar-refractivity contribution in [2.45, 2.75) is 12.8 Å². The predicted octanol–water partition coefficient (Wildman–Crippen LogP) is 3.57. The molecule has 0 atom stereocenters. The van der Waals surface area contributed by atoms with Gasteiger partial charge in [-0.25, -0.2) is 9.97 Å². The van der Waals surface area contributed by atoms with Gasteiger partial charge < -0.3 is 19.5 Å². The average molecular weight is 421 g/mol. The van der Waals surface area contributed by atoms with E-state index in [4.69, 9.17) is 14.2 Å². The van der Waals surface area contributed by atoms with Gasteiger partial charge in [0.25, 0.3) is 0 Å². The van der Waals surface area contributed by atoms with Crippen molar-refractivity contribution in [2.24, 2.45) is 0 Å². The Labute approximate surface area is 182 Å². The van der Waals surface area contributed by atoms with Crippen LogP contribution in [0.1, 0.15) is 11.1 Å². The molecule has 31 heavy (non-hydrogen) atoms. The molecule has 0 saturated carbocycles. The standard InChI is InChI=1S/C24H27N3O4/c1-29-16-20(28)14-18-5-4-6-19(13-18)21-10-12-26-24(27-21)25-11-9-17-7-8-22(30-2)23(15-17)31-3/h4-8,10,12-13,15H,9,11,14,16H2,1-3H3,(H,25,26,27). The van der Waals surface area contributed by atoms with Gasteiger partial charge in [-0.05, 0) is 41.8 Å². The molecule has 0 bridgehead atoms. The van der Waals surface area contributed by atoms with Gasteiger partial charge in [0.2, 0.25) is 5.95 Å². The molecule has 0 spiro atoms. The number of hydrogen-bond donors (Lipinski definition) is 1. The predicted molar refractivity (Wildman–Crippen MR) is 120 cm³/mol. The molecule has 1 heterocycles. The lowest BCUT2D eigenvalue weighted by Gasteiger charge is -2.10. The molecule has 0 aliphatic carbocycles. The van der Waals surface area contributed by atoms with Gasteiger partial charge in [-0.15, -0.1) is 0 Å². The van der Waals surface area contributed by atoms with Crippen molar-refractivity contribution in [3.63, 3.8) is 0 Å². The number of carbonyl (C=O) groups is 1. The van der Waals surface area contributed by atoms with Crippen LogP contribution in [0.3, 0.4) is 0 Å². The summed E-state index contributed by atoms with van der Waals surface area (Å²) in [6.07, 6.45) is 2.85. The minimum atomic E-state index is 0.0415. The lowest BCUT2D eigenvalue weighted by Crippen LogP contribution is -2.10. The van der Waals surface area contributed by atoms with E-state index in [1.54, 1.807) is 20.4 Å². The molecular formula is C24H27N3O4. The summed E-state index contributed by atoms with van der Waals surface area (Å²) in [5.74, 6) is 2.02. The first-order chi connectivity index (χ1) is 15.1. The number of methoxy groups -OCH3 is 3. The van der Waals surface area contributed by atoms with Crippen molar-refractivity contribution in [2.75, 3.05) is 39.8 Å². The van der Waals surface area contributed by atoms with Gasteiger partial charge in [-0.1, -0.05) is 24.3 Å². The van der Waals surface area contributed by atoms with E-state index in [9.17, 15) is 4.79 Å². The number of rotatable bonds is 11. The van der Waals surface area contributed by atoms with Crippen LogP contribution < -0.4 is 14.8 Å². The second-order valence-corrected chi connectivity index (χ2v) is 6.98. The van der Waals surface area contributed by atoms with E-state index in [1.807, 2.05) is 48.5 Å². The Kier molecular flexibility index (Phi) is 7.95. The van der Waals surface area contributed by atoms with Crippen LogP contribution in [0, 0.1) is 0 Å². The number of aromatic nitrogens is 2. The highest BCUT2D eigenvalue weighted by atomic mass is 16.5. The van der Waals surface area contributed by atoms with Crippen LogP contribution >= 0.6 is 0 Å². The summed E-state index contributed by atoms with van der Waals surface area (Å²) in [6, 6.07) is 15.5. The number of nitrogens with one attached hydrogen (secondary N) is 1. The first-order valence-corrected chi connectivity index (χ1v) is 10.0. The first-order valence-electron chi connectivity index (χ1n) is 10.0. The topological polar surface area (TPSA) is 82.6 Å². The third-order valence-electron chi connectivity index (χ3n) is 4.73. The largest absolute Gasteiger partial charge is 0.493 e. The average Bonchev–Trinajstić information content (AvgIpc) is 2.79. The van der Waals surface area contributed by atoms with E-state index in [0.29, 0.717) is 30.4 Å². The minimum absolute atomic E-state index is 0.0415. The van der Waals surface area contributed by atoms with Crippen LogP contribution in [-0.4, -0.2) is 50.2 Å². The molecule has 2 aromatic carbocycles. The molecule has 162 valence electrons. The Morgan fingerprint density at radius 3 is 2.58 bits per heavy atom. The quantitative estimate of drug-likeness (QED) is 0.507. The maximum Gasteiger partial charge on any atom is 0.223 e. The molecule has 1 N–H and O–H groups in total. The second kappa shape index (κ2) is 11.1. The van der Waals surface area contributed by atoms with Crippen LogP contribution in [-0.2, 0) is 22.4 Å². The fourth-order valence-electron chi connectivity index (χ4n) is 3.24. The summed E-state index contributed by atoms with van der Waals surface area (Å²) in [4.78, 5) is 20.8. The molecule has 0 amide bonds. The highest BCUT2D eigenvalue weighted by Gasteiger charge is 2.08. The summed E-state index contributed by atoms with van der Waals surface area (Å²) >= 11 is 0. The molecular weight excluding hydrogens is 394 g/mol. The van der Waals surface area contributed by atoms with E-state index < -0.39 is 0 Å². The van der Waals surface area contributed by atoms with Crippen LogP contribution in [0.5, 0.6) is 11.5 Å². The molecule has 0 aliphatic rings. The van der Waals surface area contributed by atoms with Crippen molar-refractivity contribution >= 4 is 11.7 Å². The minimum Gasteiger partial charge on any atom is -0.493 e. The van der Waals surface area contributed by atoms with Crippen LogP contribution in [0.2, 0.25) is 0 Å². The summed E-state index contributed by atoms with van der Waals surface area (Å²) in [6.45, 7) is 0.788. The molecule has 7 nitrogen and oxygen atoms in total. The fraction of sp³-hybridized carbons (Fsp3) is 0.292. The molecule has 0 fully saturated rings. The zero-order valence-electron chi connectivity index (χ0n) is 18.1. The Balaban J connectivity index is 1.64. The summed E-state index contributed by atoms with van der Waals surface area (Å²) < 4.78 is 15.5. The number of ketones is 1. The maximum absolute atomic E-state index is 11.9. The summed E-state index contributed by atoms with van der Waals surface area (Å²) in [5, 5.41) is 3.27. The Hall–Kier alpha value is -3.45. The molecule has 0 unspecified atom stereocenters. The molecule has 7 heteroatoms. The first kappa shape index (κ1) is 22.2. The van der Waals surface area contributed by atoms with Crippen molar-refractivity contribution in [3.05, 3.63) is 65.9 Å². The number of nitrogens with zero attached hydrogens (tertiary/aromatic N) is 2. The number of carbonyl (C=O) groups excluding carboxylic acids is 1. The maximum atomic E-state index is 11.9. The molecule has 0 radical (unpaired) electrons. The zero-order valence-corrected chi connectivity index (χ0v) is 18.1. The molecule has 3 rings (SSSR count). The zero-order chi connectivity index (χ0) is 22.1. The van der Waals surface area contributed by atoms with Crippen molar-refractivity contribution in [1.29, 1.82) is 0 Å². The van der Waals surface area contributed by atoms with E-state index in [-0.39, 0.29) is 12.4 Å². The van der Waals surface area contributed by atoms with Crippen LogP contribution in [0.15, 0.2) is 54.7 Å². The number of Topliss-reactive ketones (excluding diaryl/α,β-unsaturated/α-hetero) is 1. The highest BCUT2D eigenvalue weighted by Crippen LogP contribution is 2.27. The lowest BCUT2D eigenvalue weighted by molar-refractivity contribution is -0.121. The van der Waals surface area contributed by atoms with Gasteiger partial charge in [0.15, 0.2) is 17.3 Å². The normalized spacial score (nSPS) is 10.5. The van der Waals surface area contributed by atoms with Gasteiger partial charge in [-0.3, -0.25) is 4.79 Å². The second-order valence-electron chi connectivity index (χ2n) is 6.98. The van der Waals surface area contributed by atoms with E-state index in [2.05, 4.69) is 15.3 Å². The Morgan fingerprint density at radius 2 is 1.81 bits per heavy atom. The fourth-order valence-corrected chi connectivity index (χ4v) is 3.24. The van der Waals surface area contributed by atoms with Gasteiger partial charge in [0.1, 0.15) is 6.61 Å². The smallest absolute Gasteiger partial charge is 0.223 e. The number of benzene rings is 2. The van der Waals surface area contributed by atoms with Gasteiger partial charge in [-0.2, -0.15) is 0 Å². The van der Waals surface area contributed by atoms with Gasteiger partial charge in [0.05, 0.1) is 19.9 Å². The van der Waals surface area contributed by atoms with Crippen molar-refractivity contribution < 1.29 is 19.0 Å². The third kappa shape index (κ3) is 6.26. The Bertz CT molecular complexity index is 1020. The Morgan fingerprint density at radius 1 is 0.968 bits per heavy atom. The van der Waals surface area contributed by atoms with Gasteiger partial charge in [0, 0.05) is 31.8 Å². The number of anilines is 1. The lowest BCUT2D eigenvalue weighted by atomic mass is 10.0. The van der Waals surface area contributed by atoms with Gasteiger partial charge >= 0.3 is 0 Å². The monoisotopic (exact) mass is 421 g/mol. The van der Waals surface area contributed by atoms with Crippen molar-refractivity contribution in [3.8, 4) is 22.8 Å². The summed E-state index contributed by atoms with van der Waals surface area (Å²) in [7, 11) is 4.77. The number of ether oxygens (including phenoxy) is 3. The molecule has 3 aromatic rings. The number of hydrogen-bond acceptors (Lipinski definition) is 7. The van der Waals surface area contributed by atoms with E-state index in [0.717, 1.165) is 28.8 Å².